The number of hydrogen-bond donors (Lipinski definition) is 1. The summed E-state index contributed by atoms with van der Waals surface area (Å²) in [6.45, 7) is 4.89. The largest absolute Gasteiger partial charge is 0.381 e. The van der Waals surface area contributed by atoms with Crippen LogP contribution in [-0.2, 0) is 4.79 Å². The highest BCUT2D eigenvalue weighted by atomic mass is 16.3. The molecule has 1 unspecified atom stereocenters. The van der Waals surface area contributed by atoms with Crippen molar-refractivity contribution in [3.63, 3.8) is 0 Å². The molecule has 9 heavy (non-hydrogen) atoms. The predicted molar refractivity (Wildman–Crippen MR) is 36.1 cm³/mol. The summed E-state index contributed by atoms with van der Waals surface area (Å²) in [5.74, 6) is -0.203. The Morgan fingerprint density at radius 2 is 2.00 bits per heavy atom. The van der Waals surface area contributed by atoms with Gasteiger partial charge in [0.2, 0.25) is 0 Å². The molecule has 0 aliphatic heterocycles. The summed E-state index contributed by atoms with van der Waals surface area (Å²) in [6, 6.07) is 0. The monoisotopic (exact) mass is 128 g/mol. The molecule has 0 spiro atoms. The minimum absolute atomic E-state index is 0.203. The molecule has 0 fully saturated rings. The smallest absolute Gasteiger partial charge is 0.162 e. The number of aliphatic hydroxyl groups excluding tert-OH is 1. The number of ketones is 1. The third kappa shape index (κ3) is 2.42. The van der Waals surface area contributed by atoms with E-state index in [1.54, 1.807) is 19.9 Å². The van der Waals surface area contributed by atoms with E-state index in [2.05, 4.69) is 0 Å². The maximum Gasteiger partial charge on any atom is 0.162 e. The van der Waals surface area contributed by atoms with E-state index in [9.17, 15) is 4.79 Å². The van der Waals surface area contributed by atoms with Crippen molar-refractivity contribution in [2.45, 2.75) is 26.9 Å². The van der Waals surface area contributed by atoms with E-state index >= 15 is 0 Å². The first-order valence-electron chi connectivity index (χ1n) is 2.91. The average Bonchev–Trinajstić information content (AvgIpc) is 1.84. The van der Waals surface area contributed by atoms with Crippen LogP contribution in [0.1, 0.15) is 20.8 Å². The lowest BCUT2D eigenvalue weighted by Gasteiger charge is -2.04. The van der Waals surface area contributed by atoms with Gasteiger partial charge in [-0.15, -0.1) is 0 Å². The number of rotatable bonds is 2. The van der Waals surface area contributed by atoms with E-state index in [0.29, 0.717) is 5.57 Å². The summed E-state index contributed by atoms with van der Waals surface area (Å²) in [6.07, 6.45) is 0.835. The van der Waals surface area contributed by atoms with Crippen LogP contribution in [0.25, 0.3) is 0 Å². The molecule has 0 rings (SSSR count). The van der Waals surface area contributed by atoms with E-state index in [1.807, 2.05) is 0 Å². The standard InChI is InChI=1S/C7H12O2/c1-4-5(2)7(9)6(3)8/h4,7,9H,1-3H3. The summed E-state index contributed by atoms with van der Waals surface area (Å²) in [7, 11) is 0. The Bertz CT molecular complexity index is 136. The van der Waals surface area contributed by atoms with E-state index in [0.717, 1.165) is 0 Å². The van der Waals surface area contributed by atoms with Crippen LogP contribution in [0.2, 0.25) is 0 Å². The van der Waals surface area contributed by atoms with Crippen LogP contribution in [0, 0.1) is 0 Å². The molecule has 52 valence electrons. The van der Waals surface area contributed by atoms with Crippen LogP contribution >= 0.6 is 0 Å². The number of carbonyl (C=O) groups is 1. The first kappa shape index (κ1) is 8.37. The Hall–Kier alpha value is -0.630. The van der Waals surface area contributed by atoms with E-state index in [1.165, 1.54) is 6.92 Å². The lowest BCUT2D eigenvalue weighted by molar-refractivity contribution is -0.123. The molecule has 0 radical (unpaired) electrons. The molecule has 2 heteroatoms. The van der Waals surface area contributed by atoms with Crippen molar-refractivity contribution in [3.05, 3.63) is 11.6 Å². The molecular weight excluding hydrogens is 116 g/mol. The lowest BCUT2D eigenvalue weighted by Crippen LogP contribution is -2.17. The van der Waals surface area contributed by atoms with Crippen LogP contribution in [0.3, 0.4) is 0 Å². The van der Waals surface area contributed by atoms with Gasteiger partial charge in [-0.25, -0.2) is 0 Å². The van der Waals surface area contributed by atoms with Gasteiger partial charge < -0.3 is 5.11 Å². The van der Waals surface area contributed by atoms with Gasteiger partial charge in [-0.05, 0) is 26.3 Å². The quantitative estimate of drug-likeness (QED) is 0.561. The second-order valence-corrected chi connectivity index (χ2v) is 2.05. The Kier molecular flexibility index (Phi) is 3.17. The molecule has 0 aromatic heterocycles. The average molecular weight is 128 g/mol. The third-order valence-corrected chi connectivity index (χ3v) is 1.27. The Morgan fingerprint density at radius 3 is 2.11 bits per heavy atom. The summed E-state index contributed by atoms with van der Waals surface area (Å²) in [4.78, 5) is 10.5. The van der Waals surface area contributed by atoms with Gasteiger partial charge in [0.05, 0.1) is 0 Å². The van der Waals surface area contributed by atoms with Gasteiger partial charge in [0.15, 0.2) is 5.78 Å². The molecule has 0 bridgehead atoms. The van der Waals surface area contributed by atoms with Crippen LogP contribution in [0.5, 0.6) is 0 Å². The lowest BCUT2D eigenvalue weighted by atomic mass is 10.1. The first-order valence-corrected chi connectivity index (χ1v) is 2.91. The van der Waals surface area contributed by atoms with Crippen molar-refractivity contribution in [1.82, 2.24) is 0 Å². The summed E-state index contributed by atoms with van der Waals surface area (Å²) in [5.41, 5.74) is 0.711. The molecule has 0 aliphatic rings. The second kappa shape index (κ2) is 3.41. The number of carbonyl (C=O) groups excluding carboxylic acids is 1. The van der Waals surface area contributed by atoms with Crippen LogP contribution in [0.4, 0.5) is 0 Å². The minimum Gasteiger partial charge on any atom is -0.381 e. The topological polar surface area (TPSA) is 37.3 Å². The van der Waals surface area contributed by atoms with Crippen molar-refractivity contribution in [2.24, 2.45) is 0 Å². The summed E-state index contributed by atoms with van der Waals surface area (Å²) < 4.78 is 0. The highest BCUT2D eigenvalue weighted by Gasteiger charge is 2.09. The number of hydrogen-bond acceptors (Lipinski definition) is 2. The highest BCUT2D eigenvalue weighted by Crippen LogP contribution is 2.00. The van der Waals surface area contributed by atoms with Crippen molar-refractivity contribution in [2.75, 3.05) is 0 Å². The van der Waals surface area contributed by atoms with Gasteiger partial charge in [0.1, 0.15) is 6.10 Å². The molecular formula is C7H12O2. The van der Waals surface area contributed by atoms with Gasteiger partial charge in [-0.3, -0.25) is 4.79 Å². The maximum atomic E-state index is 10.5. The molecule has 0 aromatic carbocycles. The van der Waals surface area contributed by atoms with Gasteiger partial charge >= 0.3 is 0 Å². The maximum absolute atomic E-state index is 10.5. The van der Waals surface area contributed by atoms with Crippen LogP contribution in [-0.4, -0.2) is 17.0 Å². The predicted octanol–water partition coefficient (Wildman–Crippen LogP) is 0.903. The zero-order valence-electron chi connectivity index (χ0n) is 6.01. The zero-order valence-corrected chi connectivity index (χ0v) is 6.01. The van der Waals surface area contributed by atoms with Crippen molar-refractivity contribution < 1.29 is 9.90 Å². The number of allylic oxidation sites excluding steroid dienone is 1. The fourth-order valence-corrected chi connectivity index (χ4v) is 0.478. The third-order valence-electron chi connectivity index (χ3n) is 1.27. The Balaban J connectivity index is 4.04. The Labute approximate surface area is 55.2 Å². The first-order chi connectivity index (χ1) is 4.09. The van der Waals surface area contributed by atoms with Crippen LogP contribution in [0.15, 0.2) is 11.6 Å². The normalized spacial score (nSPS) is 15.3. The summed E-state index contributed by atoms with van der Waals surface area (Å²) >= 11 is 0. The highest BCUT2D eigenvalue weighted by molar-refractivity contribution is 5.83. The van der Waals surface area contributed by atoms with Crippen molar-refractivity contribution >= 4 is 5.78 Å². The molecule has 0 saturated carbocycles. The zero-order chi connectivity index (χ0) is 7.44. The molecule has 1 atom stereocenters. The van der Waals surface area contributed by atoms with E-state index in [-0.39, 0.29) is 5.78 Å². The fraction of sp³-hybridized carbons (Fsp3) is 0.571. The molecule has 0 aromatic rings. The number of Topliss-reactive ketones (excluding diaryl/α,β-unsaturated/α-hetero) is 1. The molecule has 0 aliphatic carbocycles. The van der Waals surface area contributed by atoms with Gasteiger partial charge in [-0.1, -0.05) is 6.08 Å². The molecule has 1 N–H and O–H groups in total. The molecule has 0 saturated heterocycles. The SMILES string of the molecule is CC=C(C)C(O)C(C)=O. The van der Waals surface area contributed by atoms with E-state index < -0.39 is 6.10 Å². The van der Waals surface area contributed by atoms with Crippen molar-refractivity contribution in [3.8, 4) is 0 Å². The van der Waals surface area contributed by atoms with E-state index in [4.69, 9.17) is 5.11 Å². The molecule has 0 amide bonds. The Morgan fingerprint density at radius 1 is 1.56 bits per heavy atom. The second-order valence-electron chi connectivity index (χ2n) is 2.05. The number of aliphatic hydroxyl groups is 1. The fourth-order valence-electron chi connectivity index (χ4n) is 0.478. The molecule has 2 nitrogen and oxygen atoms in total. The summed E-state index contributed by atoms with van der Waals surface area (Å²) in [5, 5.41) is 8.98. The van der Waals surface area contributed by atoms with Gasteiger partial charge in [-0.2, -0.15) is 0 Å². The molecule has 0 heterocycles. The van der Waals surface area contributed by atoms with Gasteiger partial charge in [0.25, 0.3) is 0 Å². The van der Waals surface area contributed by atoms with Gasteiger partial charge in [0, 0.05) is 0 Å². The van der Waals surface area contributed by atoms with Crippen molar-refractivity contribution in [1.29, 1.82) is 0 Å². The minimum atomic E-state index is -0.894. The van der Waals surface area contributed by atoms with Crippen LogP contribution < -0.4 is 0 Å².